The predicted molar refractivity (Wildman–Crippen MR) is 44.4 cm³/mol. The molecule has 1 aromatic heterocycles. The van der Waals surface area contributed by atoms with Crippen molar-refractivity contribution in [2.75, 3.05) is 0 Å². The van der Waals surface area contributed by atoms with E-state index in [9.17, 15) is 8.78 Å². The van der Waals surface area contributed by atoms with Crippen molar-refractivity contribution in [3.8, 4) is 0 Å². The molecule has 0 aliphatic carbocycles. The van der Waals surface area contributed by atoms with Crippen molar-refractivity contribution in [2.24, 2.45) is 0 Å². The van der Waals surface area contributed by atoms with Gasteiger partial charge in [-0.3, -0.25) is 0 Å². The molecule has 13 heavy (non-hydrogen) atoms. The zero-order valence-electron chi connectivity index (χ0n) is 6.09. The highest BCUT2D eigenvalue weighted by Crippen LogP contribution is 2.37. The molecule has 2 heterocycles. The summed E-state index contributed by atoms with van der Waals surface area (Å²) in [6.07, 6.45) is -2.67. The van der Waals surface area contributed by atoms with Gasteiger partial charge in [-0.15, -0.1) is 20.1 Å². The molecule has 6 heteroatoms. The summed E-state index contributed by atoms with van der Waals surface area (Å²) in [5.41, 5.74) is 0. The second-order valence-electron chi connectivity index (χ2n) is 2.27. The Balaban J connectivity index is 2.21. The van der Waals surface area contributed by atoms with Crippen LogP contribution in [0.3, 0.4) is 0 Å². The molecule has 1 aliphatic rings. The van der Waals surface area contributed by atoms with Gasteiger partial charge >= 0.3 is 6.29 Å². The first-order valence-electron chi connectivity index (χ1n) is 3.27. The fourth-order valence-electron chi connectivity index (χ4n) is 0.853. The molecule has 0 saturated carbocycles. The average molecular weight is 225 g/mol. The number of thiophene rings is 1. The summed E-state index contributed by atoms with van der Waals surface area (Å²) < 4.78 is 33.4. The fraction of sp³-hybridized carbons (Fsp3) is 0.143. The Morgan fingerprint density at radius 3 is 2.62 bits per heavy atom. The molecular weight excluding hydrogens is 222 g/mol. The van der Waals surface area contributed by atoms with E-state index in [2.05, 4.69) is 9.47 Å². The zero-order chi connectivity index (χ0) is 9.47. The van der Waals surface area contributed by atoms with Crippen molar-refractivity contribution in [1.82, 2.24) is 0 Å². The lowest BCUT2D eigenvalue weighted by Gasteiger charge is -2.06. The monoisotopic (exact) mass is 224 g/mol. The van der Waals surface area contributed by atoms with Crippen LogP contribution in [0.5, 0.6) is 0 Å². The van der Waals surface area contributed by atoms with E-state index >= 15 is 0 Å². The minimum Gasteiger partial charge on any atom is -0.403 e. The third-order valence-electron chi connectivity index (χ3n) is 1.35. The van der Waals surface area contributed by atoms with Gasteiger partial charge in [0.15, 0.2) is 5.76 Å². The molecule has 0 radical (unpaired) electrons. The van der Waals surface area contributed by atoms with Crippen molar-refractivity contribution in [3.63, 3.8) is 0 Å². The summed E-state index contributed by atoms with van der Waals surface area (Å²) in [5.74, 6) is 0.00176. The minimum absolute atomic E-state index is 0.00176. The van der Waals surface area contributed by atoms with Crippen LogP contribution in [-0.4, -0.2) is 6.29 Å². The molecule has 0 saturated heterocycles. The van der Waals surface area contributed by atoms with Crippen LogP contribution in [0.4, 0.5) is 8.78 Å². The van der Waals surface area contributed by atoms with Crippen molar-refractivity contribution in [2.45, 2.75) is 6.29 Å². The van der Waals surface area contributed by atoms with Gasteiger partial charge in [-0.05, 0) is 12.1 Å². The number of hydrogen-bond acceptors (Lipinski definition) is 3. The van der Waals surface area contributed by atoms with Crippen LogP contribution in [0.25, 0.3) is 5.76 Å². The molecule has 0 fully saturated rings. The lowest BCUT2D eigenvalue weighted by molar-refractivity contribution is -0.325. The Morgan fingerprint density at radius 2 is 2.15 bits per heavy atom. The van der Waals surface area contributed by atoms with Gasteiger partial charge < -0.3 is 9.47 Å². The van der Waals surface area contributed by atoms with Gasteiger partial charge in [0.2, 0.25) is 0 Å². The number of halogens is 3. The Bertz CT molecular complexity index is 361. The smallest absolute Gasteiger partial charge is 0.403 e. The first kappa shape index (κ1) is 8.77. The molecule has 2 rings (SSSR count). The highest BCUT2D eigenvalue weighted by atomic mass is 35.5. The van der Waals surface area contributed by atoms with Gasteiger partial charge in [0.1, 0.15) is 6.26 Å². The number of hydrogen-bond donors (Lipinski definition) is 0. The van der Waals surface area contributed by atoms with Crippen LogP contribution in [-0.2, 0) is 9.47 Å². The molecule has 0 bridgehead atoms. The van der Waals surface area contributed by atoms with Crippen LogP contribution in [0.1, 0.15) is 4.88 Å². The second-order valence-corrected chi connectivity index (χ2v) is 3.98. The Kier molecular flexibility index (Phi) is 1.92. The molecule has 0 atom stereocenters. The van der Waals surface area contributed by atoms with E-state index in [0.29, 0.717) is 9.21 Å². The first-order chi connectivity index (χ1) is 6.07. The van der Waals surface area contributed by atoms with Crippen LogP contribution < -0.4 is 0 Å². The van der Waals surface area contributed by atoms with E-state index in [1.807, 2.05) is 0 Å². The topological polar surface area (TPSA) is 18.5 Å². The van der Waals surface area contributed by atoms with Crippen molar-refractivity contribution >= 4 is 28.7 Å². The largest absolute Gasteiger partial charge is 0.585 e. The third kappa shape index (κ3) is 1.76. The minimum atomic E-state index is -3.55. The van der Waals surface area contributed by atoms with Gasteiger partial charge in [-0.2, -0.15) is 0 Å². The van der Waals surface area contributed by atoms with Gasteiger partial charge in [-0.25, -0.2) is 0 Å². The molecule has 2 nitrogen and oxygen atoms in total. The van der Waals surface area contributed by atoms with Crippen LogP contribution >= 0.6 is 22.9 Å². The van der Waals surface area contributed by atoms with Crippen molar-refractivity contribution < 1.29 is 18.3 Å². The van der Waals surface area contributed by atoms with Crippen LogP contribution in [0, 0.1) is 0 Å². The van der Waals surface area contributed by atoms with E-state index in [4.69, 9.17) is 11.6 Å². The summed E-state index contributed by atoms with van der Waals surface area (Å²) in [5, 5.41) is 0. The number of ether oxygens (including phenoxy) is 2. The van der Waals surface area contributed by atoms with Crippen molar-refractivity contribution in [1.29, 1.82) is 0 Å². The average Bonchev–Trinajstić information content (AvgIpc) is 2.56. The number of alkyl halides is 2. The first-order valence-corrected chi connectivity index (χ1v) is 4.47. The van der Waals surface area contributed by atoms with Gasteiger partial charge in [0, 0.05) is 0 Å². The standard InChI is InChI=1S/C7H3ClF2O2S/c8-6-2-1-5(13-6)4-3-11-7(9,10)12-4/h1-3H. The number of rotatable bonds is 1. The highest BCUT2D eigenvalue weighted by Gasteiger charge is 2.41. The predicted octanol–water partition coefficient (Wildman–Crippen LogP) is 3.30. The normalized spacial score (nSPS) is 19.2. The molecule has 70 valence electrons. The Labute approximate surface area is 81.3 Å². The maximum absolute atomic E-state index is 12.4. The van der Waals surface area contributed by atoms with Gasteiger partial charge in [0.25, 0.3) is 0 Å². The Morgan fingerprint density at radius 1 is 1.38 bits per heavy atom. The third-order valence-corrected chi connectivity index (χ3v) is 2.59. The molecule has 1 aromatic rings. The molecule has 0 unspecified atom stereocenters. The molecule has 0 aromatic carbocycles. The Hall–Kier alpha value is -0.810. The summed E-state index contributed by atoms with van der Waals surface area (Å²) in [6.45, 7) is 0. The summed E-state index contributed by atoms with van der Waals surface area (Å²) >= 11 is 6.76. The van der Waals surface area contributed by atoms with E-state index in [0.717, 1.165) is 17.6 Å². The molecular formula is C7H3ClF2O2S. The fourth-order valence-corrected chi connectivity index (χ4v) is 1.84. The molecule has 0 N–H and O–H groups in total. The second kappa shape index (κ2) is 2.85. The highest BCUT2D eigenvalue weighted by molar-refractivity contribution is 7.17. The van der Waals surface area contributed by atoms with Gasteiger partial charge in [-0.1, -0.05) is 11.6 Å². The molecule has 1 aliphatic heterocycles. The maximum Gasteiger partial charge on any atom is 0.585 e. The van der Waals surface area contributed by atoms with E-state index < -0.39 is 6.29 Å². The summed E-state index contributed by atoms with van der Waals surface area (Å²) in [4.78, 5) is 0.516. The SMILES string of the molecule is FC1(F)OC=C(c2ccc(Cl)s2)O1. The zero-order valence-corrected chi connectivity index (χ0v) is 7.66. The van der Waals surface area contributed by atoms with Crippen LogP contribution in [0.2, 0.25) is 4.34 Å². The van der Waals surface area contributed by atoms with E-state index in [1.54, 1.807) is 12.1 Å². The quantitative estimate of drug-likeness (QED) is 0.729. The van der Waals surface area contributed by atoms with Crippen molar-refractivity contribution in [3.05, 3.63) is 27.6 Å². The van der Waals surface area contributed by atoms with Crippen LogP contribution in [0.15, 0.2) is 18.4 Å². The van der Waals surface area contributed by atoms with E-state index in [1.165, 1.54) is 0 Å². The van der Waals surface area contributed by atoms with E-state index in [-0.39, 0.29) is 5.76 Å². The molecule has 0 amide bonds. The van der Waals surface area contributed by atoms with Gasteiger partial charge in [0.05, 0.1) is 9.21 Å². The lowest BCUT2D eigenvalue weighted by Crippen LogP contribution is -2.15. The summed E-state index contributed by atoms with van der Waals surface area (Å²) in [7, 11) is 0. The lowest BCUT2D eigenvalue weighted by atomic mass is 10.4. The maximum atomic E-state index is 12.4. The molecule has 0 spiro atoms. The summed E-state index contributed by atoms with van der Waals surface area (Å²) in [6, 6.07) is 3.19.